The summed E-state index contributed by atoms with van der Waals surface area (Å²) in [5, 5.41) is 0. The normalized spacial score (nSPS) is 16.1. The Morgan fingerprint density at radius 2 is 1.77 bits per heavy atom. The lowest BCUT2D eigenvalue weighted by Crippen LogP contribution is -2.21. The summed E-state index contributed by atoms with van der Waals surface area (Å²) in [5.74, 6) is -0.577. The van der Waals surface area contributed by atoms with Crippen LogP contribution in [0.5, 0.6) is 0 Å². The van der Waals surface area contributed by atoms with Crippen LogP contribution in [0.25, 0.3) is 0 Å². The standard InChI is InChI=1S/C20H18F3NO2/c1-11-5-8-15-17(9-11)19(26)16(13(3)18(15)25)10-14(24-4)7-6-12(2)20(21,22)23/h5-9H,4,10H2,1-3H3/b12-6+,14-7-. The molecule has 0 saturated carbocycles. The lowest BCUT2D eigenvalue weighted by Gasteiger charge is -2.19. The van der Waals surface area contributed by atoms with Crippen molar-refractivity contribution in [2.24, 2.45) is 4.99 Å². The highest BCUT2D eigenvalue weighted by Gasteiger charge is 2.31. The zero-order chi connectivity index (χ0) is 19.6. The van der Waals surface area contributed by atoms with Gasteiger partial charge in [-0.05, 0) is 39.6 Å². The van der Waals surface area contributed by atoms with Crippen molar-refractivity contribution in [1.29, 1.82) is 0 Å². The van der Waals surface area contributed by atoms with Gasteiger partial charge in [0.05, 0.1) is 0 Å². The molecule has 0 aromatic heterocycles. The average molecular weight is 361 g/mol. The van der Waals surface area contributed by atoms with Crippen LogP contribution in [0.15, 0.2) is 57.8 Å². The largest absolute Gasteiger partial charge is 0.412 e. The molecule has 0 unspecified atom stereocenters. The molecule has 0 radical (unpaired) electrons. The highest BCUT2D eigenvalue weighted by molar-refractivity contribution is 6.26. The van der Waals surface area contributed by atoms with Crippen molar-refractivity contribution in [3.05, 3.63) is 69.5 Å². The van der Waals surface area contributed by atoms with Crippen LogP contribution in [0.2, 0.25) is 0 Å². The van der Waals surface area contributed by atoms with Gasteiger partial charge in [0, 0.05) is 40.0 Å². The zero-order valence-corrected chi connectivity index (χ0v) is 14.7. The molecule has 1 aromatic rings. The SMILES string of the molecule is C=N/C(=C\C=C(/C)C(F)(F)F)CC1=C(C)C(=O)c2ccc(C)cc2C1=O. The fraction of sp³-hybridized carbons (Fsp3) is 0.250. The monoisotopic (exact) mass is 361 g/mol. The Morgan fingerprint density at radius 1 is 1.12 bits per heavy atom. The Morgan fingerprint density at radius 3 is 2.35 bits per heavy atom. The first-order valence-corrected chi connectivity index (χ1v) is 7.87. The quantitative estimate of drug-likeness (QED) is 0.548. The minimum Gasteiger partial charge on any atom is -0.289 e. The summed E-state index contributed by atoms with van der Waals surface area (Å²) < 4.78 is 37.8. The molecule has 6 heteroatoms. The number of benzene rings is 1. The van der Waals surface area contributed by atoms with Gasteiger partial charge in [-0.15, -0.1) is 0 Å². The molecule has 0 bridgehead atoms. The van der Waals surface area contributed by atoms with Crippen molar-refractivity contribution < 1.29 is 22.8 Å². The summed E-state index contributed by atoms with van der Waals surface area (Å²) >= 11 is 0. The minimum absolute atomic E-state index is 0.0606. The minimum atomic E-state index is -4.44. The summed E-state index contributed by atoms with van der Waals surface area (Å²) in [5.41, 5.74) is 1.37. The van der Waals surface area contributed by atoms with Gasteiger partial charge in [-0.2, -0.15) is 13.2 Å². The van der Waals surface area contributed by atoms with Crippen LogP contribution in [-0.2, 0) is 0 Å². The van der Waals surface area contributed by atoms with E-state index >= 15 is 0 Å². The Kier molecular flexibility index (Phi) is 5.44. The third-order valence-corrected chi connectivity index (χ3v) is 4.27. The molecule has 26 heavy (non-hydrogen) atoms. The predicted molar refractivity (Wildman–Crippen MR) is 94.6 cm³/mol. The Balaban J connectivity index is 2.41. The van der Waals surface area contributed by atoms with E-state index in [1.54, 1.807) is 18.2 Å². The molecule has 136 valence electrons. The van der Waals surface area contributed by atoms with Crippen LogP contribution in [-0.4, -0.2) is 24.5 Å². The van der Waals surface area contributed by atoms with Crippen LogP contribution < -0.4 is 0 Å². The van der Waals surface area contributed by atoms with E-state index in [2.05, 4.69) is 11.7 Å². The van der Waals surface area contributed by atoms with Gasteiger partial charge in [-0.25, -0.2) is 0 Å². The topological polar surface area (TPSA) is 46.5 Å². The van der Waals surface area contributed by atoms with Gasteiger partial charge >= 0.3 is 6.18 Å². The van der Waals surface area contributed by atoms with E-state index in [4.69, 9.17) is 0 Å². The first-order chi connectivity index (χ1) is 12.1. The Bertz CT molecular complexity index is 887. The summed E-state index contributed by atoms with van der Waals surface area (Å²) in [6.45, 7) is 7.63. The van der Waals surface area contributed by atoms with Crippen LogP contribution in [0.4, 0.5) is 13.2 Å². The molecule has 0 saturated heterocycles. The smallest absolute Gasteiger partial charge is 0.289 e. The molecule has 2 rings (SSSR count). The predicted octanol–water partition coefficient (Wildman–Crippen LogP) is 5.17. The van der Waals surface area contributed by atoms with E-state index in [1.165, 1.54) is 13.0 Å². The fourth-order valence-electron chi connectivity index (χ4n) is 2.59. The van der Waals surface area contributed by atoms with E-state index in [-0.39, 0.29) is 34.8 Å². The van der Waals surface area contributed by atoms with Crippen molar-refractivity contribution in [3.8, 4) is 0 Å². The van der Waals surface area contributed by atoms with Gasteiger partial charge in [0.25, 0.3) is 0 Å². The summed E-state index contributed by atoms with van der Waals surface area (Å²) in [6, 6.07) is 5.01. The molecule has 1 aromatic carbocycles. The average Bonchev–Trinajstić information content (AvgIpc) is 2.58. The number of rotatable bonds is 4. The maximum absolute atomic E-state index is 12.8. The van der Waals surface area contributed by atoms with E-state index in [0.717, 1.165) is 18.6 Å². The number of carbonyl (C=O) groups is 2. The number of alkyl halides is 3. The number of allylic oxidation sites excluding steroid dienone is 5. The second kappa shape index (κ2) is 7.23. The third kappa shape index (κ3) is 3.90. The number of carbonyl (C=O) groups excluding carboxylic acids is 2. The van der Waals surface area contributed by atoms with E-state index in [1.807, 2.05) is 6.92 Å². The highest BCUT2D eigenvalue weighted by atomic mass is 19.4. The van der Waals surface area contributed by atoms with Gasteiger partial charge in [0.15, 0.2) is 11.6 Å². The molecule has 0 spiro atoms. The van der Waals surface area contributed by atoms with Gasteiger partial charge in [-0.3, -0.25) is 14.6 Å². The van der Waals surface area contributed by atoms with Gasteiger partial charge in [0.1, 0.15) is 0 Å². The molecule has 0 amide bonds. The first-order valence-electron chi connectivity index (χ1n) is 7.87. The number of nitrogens with zero attached hydrogens (tertiary/aromatic N) is 1. The number of hydrogen-bond donors (Lipinski definition) is 0. The summed E-state index contributed by atoms with van der Waals surface area (Å²) in [4.78, 5) is 29.0. The number of aryl methyl sites for hydroxylation is 1. The van der Waals surface area contributed by atoms with E-state index in [0.29, 0.717) is 11.1 Å². The number of fused-ring (bicyclic) bond motifs is 1. The van der Waals surface area contributed by atoms with Crippen molar-refractivity contribution in [1.82, 2.24) is 0 Å². The number of aliphatic imine (C=N–C) groups is 1. The lowest BCUT2D eigenvalue weighted by atomic mass is 9.82. The fourth-order valence-corrected chi connectivity index (χ4v) is 2.59. The highest BCUT2D eigenvalue weighted by Crippen LogP contribution is 2.31. The maximum Gasteiger partial charge on any atom is 0.412 e. The van der Waals surface area contributed by atoms with E-state index < -0.39 is 11.7 Å². The van der Waals surface area contributed by atoms with Crippen molar-refractivity contribution in [3.63, 3.8) is 0 Å². The molecular formula is C20H18F3NO2. The second-order valence-electron chi connectivity index (χ2n) is 6.15. The van der Waals surface area contributed by atoms with Crippen molar-refractivity contribution in [2.75, 3.05) is 0 Å². The van der Waals surface area contributed by atoms with Crippen LogP contribution >= 0.6 is 0 Å². The number of hydrogen-bond acceptors (Lipinski definition) is 3. The zero-order valence-electron chi connectivity index (χ0n) is 14.7. The van der Waals surface area contributed by atoms with Gasteiger partial charge in [0.2, 0.25) is 0 Å². The first kappa shape index (κ1) is 19.6. The molecule has 0 heterocycles. The third-order valence-electron chi connectivity index (χ3n) is 4.27. The van der Waals surface area contributed by atoms with Gasteiger partial charge in [-0.1, -0.05) is 23.8 Å². The molecule has 1 aliphatic rings. The van der Waals surface area contributed by atoms with Crippen LogP contribution in [0, 0.1) is 6.92 Å². The van der Waals surface area contributed by atoms with Crippen molar-refractivity contribution >= 4 is 18.3 Å². The number of halogens is 3. The lowest BCUT2D eigenvalue weighted by molar-refractivity contribution is -0.0913. The second-order valence-corrected chi connectivity index (χ2v) is 6.15. The van der Waals surface area contributed by atoms with Crippen molar-refractivity contribution in [2.45, 2.75) is 33.4 Å². The molecular weight excluding hydrogens is 343 g/mol. The number of Topliss-reactive ketones (excluding diaryl/α,β-unsaturated/α-hetero) is 2. The Labute approximate surface area is 149 Å². The number of ketones is 2. The van der Waals surface area contributed by atoms with Gasteiger partial charge < -0.3 is 0 Å². The Hall–Kier alpha value is -2.76. The molecule has 0 fully saturated rings. The maximum atomic E-state index is 12.8. The molecule has 0 aliphatic heterocycles. The molecule has 0 N–H and O–H groups in total. The molecule has 0 atom stereocenters. The summed E-state index contributed by atoms with van der Waals surface area (Å²) in [6.07, 6.45) is -2.45. The summed E-state index contributed by atoms with van der Waals surface area (Å²) in [7, 11) is 0. The molecule has 3 nitrogen and oxygen atoms in total. The molecule has 1 aliphatic carbocycles. The van der Waals surface area contributed by atoms with Crippen LogP contribution in [0.1, 0.15) is 46.5 Å². The van der Waals surface area contributed by atoms with E-state index in [9.17, 15) is 22.8 Å². The van der Waals surface area contributed by atoms with Crippen LogP contribution in [0.3, 0.4) is 0 Å².